The third-order valence-electron chi connectivity index (χ3n) is 3.40. The van der Waals surface area contributed by atoms with E-state index >= 15 is 0 Å². The van der Waals surface area contributed by atoms with Gasteiger partial charge < -0.3 is 11.1 Å². The Labute approximate surface area is 132 Å². The molecule has 2 aromatic carbocycles. The summed E-state index contributed by atoms with van der Waals surface area (Å²) in [5.74, 6) is -0.154. The van der Waals surface area contributed by atoms with E-state index in [9.17, 15) is 9.18 Å². The van der Waals surface area contributed by atoms with E-state index in [2.05, 4.69) is 15.5 Å². The van der Waals surface area contributed by atoms with Gasteiger partial charge >= 0.3 is 0 Å². The topological polar surface area (TPSA) is 83.8 Å². The number of carbonyl (C=O) groups excluding carboxylic acids is 1. The molecule has 0 spiro atoms. The molecule has 0 aliphatic heterocycles. The third kappa shape index (κ3) is 3.55. The molecule has 116 valence electrons. The van der Waals surface area contributed by atoms with Gasteiger partial charge in [-0.3, -0.25) is 9.89 Å². The minimum Gasteiger partial charge on any atom is -0.382 e. The average molecular weight is 310 g/mol. The van der Waals surface area contributed by atoms with Crippen LogP contribution in [0.4, 0.5) is 10.2 Å². The molecule has 3 aromatic rings. The van der Waals surface area contributed by atoms with Crippen molar-refractivity contribution in [3.05, 3.63) is 65.5 Å². The maximum atomic E-state index is 13.1. The maximum absolute atomic E-state index is 13.1. The lowest BCUT2D eigenvalue weighted by atomic mass is 10.1. The smallest absolute Gasteiger partial charge is 0.244 e. The number of rotatable bonds is 4. The van der Waals surface area contributed by atoms with Gasteiger partial charge in [0, 0.05) is 18.0 Å². The van der Waals surface area contributed by atoms with Gasteiger partial charge in [0.05, 0.1) is 5.52 Å². The van der Waals surface area contributed by atoms with E-state index in [0.29, 0.717) is 11.4 Å². The summed E-state index contributed by atoms with van der Waals surface area (Å²) in [4.78, 5) is 11.8. The van der Waals surface area contributed by atoms with Crippen molar-refractivity contribution in [2.24, 2.45) is 0 Å². The predicted molar refractivity (Wildman–Crippen MR) is 87.8 cm³/mol. The van der Waals surface area contributed by atoms with Crippen LogP contribution in [0.25, 0.3) is 17.0 Å². The second kappa shape index (κ2) is 6.31. The molecule has 4 N–H and O–H groups in total. The number of benzene rings is 2. The number of nitrogen functional groups attached to an aromatic ring is 1. The van der Waals surface area contributed by atoms with Crippen LogP contribution >= 0.6 is 0 Å². The minimum absolute atomic E-state index is 0.255. The van der Waals surface area contributed by atoms with Crippen molar-refractivity contribution < 1.29 is 9.18 Å². The van der Waals surface area contributed by atoms with Crippen molar-refractivity contribution in [2.45, 2.75) is 6.54 Å². The van der Waals surface area contributed by atoms with Gasteiger partial charge in [-0.25, -0.2) is 4.39 Å². The minimum atomic E-state index is -0.321. The highest BCUT2D eigenvalue weighted by Gasteiger charge is 2.02. The molecule has 0 atom stereocenters. The number of nitrogens with two attached hydrogens (primary N) is 1. The number of nitrogens with one attached hydrogen (secondary N) is 2. The van der Waals surface area contributed by atoms with Crippen molar-refractivity contribution in [2.75, 3.05) is 5.73 Å². The number of amides is 1. The van der Waals surface area contributed by atoms with Gasteiger partial charge in [0.15, 0.2) is 5.82 Å². The first-order chi connectivity index (χ1) is 11.1. The Morgan fingerprint density at radius 1 is 1.30 bits per heavy atom. The molecule has 0 bridgehead atoms. The van der Waals surface area contributed by atoms with Crippen molar-refractivity contribution in [3.63, 3.8) is 0 Å². The van der Waals surface area contributed by atoms with Crippen LogP contribution in [-0.4, -0.2) is 16.1 Å². The van der Waals surface area contributed by atoms with Gasteiger partial charge in [-0.05, 0) is 41.5 Å². The Hall–Kier alpha value is -3.15. The highest BCUT2D eigenvalue weighted by molar-refractivity contribution is 5.94. The Balaban J connectivity index is 1.64. The molecular weight excluding hydrogens is 295 g/mol. The van der Waals surface area contributed by atoms with Crippen molar-refractivity contribution in [1.29, 1.82) is 0 Å². The zero-order chi connectivity index (χ0) is 16.2. The molecule has 23 heavy (non-hydrogen) atoms. The van der Waals surface area contributed by atoms with Gasteiger partial charge in [-0.15, -0.1) is 0 Å². The van der Waals surface area contributed by atoms with Gasteiger partial charge in [0.2, 0.25) is 5.91 Å². The lowest BCUT2D eigenvalue weighted by Gasteiger charge is -2.02. The number of H-pyrrole nitrogens is 1. The predicted octanol–water partition coefficient (Wildman–Crippen LogP) is 2.61. The SMILES string of the molecule is Nc1n[nH]c2ccc(/C=C/C(=O)NCc3cccc(F)c3)cc12. The molecule has 5 nitrogen and oxygen atoms in total. The molecule has 0 fully saturated rings. The summed E-state index contributed by atoms with van der Waals surface area (Å²) in [6.07, 6.45) is 3.11. The molecule has 0 unspecified atom stereocenters. The average Bonchev–Trinajstić information content (AvgIpc) is 2.92. The number of carbonyl (C=O) groups is 1. The van der Waals surface area contributed by atoms with E-state index in [4.69, 9.17) is 5.73 Å². The number of halogens is 1. The Morgan fingerprint density at radius 3 is 3.00 bits per heavy atom. The molecular formula is C17H15FN4O. The summed E-state index contributed by atoms with van der Waals surface area (Å²) in [7, 11) is 0. The van der Waals surface area contributed by atoms with Crippen LogP contribution in [0.1, 0.15) is 11.1 Å². The third-order valence-corrected chi connectivity index (χ3v) is 3.40. The fraction of sp³-hybridized carbons (Fsp3) is 0.0588. The van der Waals surface area contributed by atoms with Crippen LogP contribution in [0.2, 0.25) is 0 Å². The van der Waals surface area contributed by atoms with E-state index < -0.39 is 0 Å². The van der Waals surface area contributed by atoms with Gasteiger partial charge in [0.25, 0.3) is 0 Å². The lowest BCUT2D eigenvalue weighted by Crippen LogP contribution is -2.20. The first-order valence-corrected chi connectivity index (χ1v) is 7.06. The normalized spacial score (nSPS) is 11.2. The van der Waals surface area contributed by atoms with Gasteiger partial charge in [0.1, 0.15) is 5.82 Å². The first kappa shape index (κ1) is 14.8. The van der Waals surface area contributed by atoms with Crippen LogP contribution in [0.15, 0.2) is 48.5 Å². The number of hydrogen-bond donors (Lipinski definition) is 3. The van der Waals surface area contributed by atoms with Crippen LogP contribution < -0.4 is 11.1 Å². The Morgan fingerprint density at radius 2 is 2.17 bits per heavy atom. The highest BCUT2D eigenvalue weighted by Crippen LogP contribution is 2.19. The number of aromatic amines is 1. The Bertz CT molecular complexity index is 885. The Kier molecular flexibility index (Phi) is 4.05. The summed E-state index contributed by atoms with van der Waals surface area (Å²) >= 11 is 0. The van der Waals surface area contributed by atoms with Crippen molar-refractivity contribution >= 4 is 28.7 Å². The van der Waals surface area contributed by atoms with E-state index in [1.807, 2.05) is 18.2 Å². The lowest BCUT2D eigenvalue weighted by molar-refractivity contribution is -0.116. The van der Waals surface area contributed by atoms with Crippen molar-refractivity contribution in [3.8, 4) is 0 Å². The maximum Gasteiger partial charge on any atom is 0.244 e. The molecule has 0 aliphatic rings. The zero-order valence-corrected chi connectivity index (χ0v) is 12.2. The zero-order valence-electron chi connectivity index (χ0n) is 12.2. The van der Waals surface area contributed by atoms with Crippen LogP contribution in [0, 0.1) is 5.82 Å². The van der Waals surface area contributed by atoms with E-state index in [1.54, 1.807) is 18.2 Å². The van der Waals surface area contributed by atoms with E-state index in [-0.39, 0.29) is 18.3 Å². The first-order valence-electron chi connectivity index (χ1n) is 7.06. The summed E-state index contributed by atoms with van der Waals surface area (Å²) in [5, 5.41) is 10.3. The number of nitrogens with zero attached hydrogens (tertiary/aromatic N) is 1. The number of fused-ring (bicyclic) bond motifs is 1. The fourth-order valence-corrected chi connectivity index (χ4v) is 2.22. The van der Waals surface area contributed by atoms with Crippen LogP contribution in [0.5, 0.6) is 0 Å². The summed E-state index contributed by atoms with van der Waals surface area (Å²) in [6.45, 7) is 0.272. The molecule has 0 saturated heterocycles. The molecule has 1 heterocycles. The number of hydrogen-bond acceptors (Lipinski definition) is 3. The standard InChI is InChI=1S/C17H15FN4O/c18-13-3-1-2-12(8-13)10-20-16(23)7-5-11-4-6-15-14(9-11)17(19)22-21-15/h1-9H,10H2,(H,20,23)(H3,19,21,22)/b7-5+. The molecule has 0 radical (unpaired) electrons. The van der Waals surface area contributed by atoms with E-state index in [0.717, 1.165) is 16.5 Å². The molecule has 0 aliphatic carbocycles. The molecule has 0 saturated carbocycles. The monoisotopic (exact) mass is 310 g/mol. The highest BCUT2D eigenvalue weighted by atomic mass is 19.1. The van der Waals surface area contributed by atoms with Crippen LogP contribution in [0.3, 0.4) is 0 Å². The number of anilines is 1. The second-order valence-electron chi connectivity index (χ2n) is 5.09. The molecule has 3 rings (SSSR count). The molecule has 1 amide bonds. The quantitative estimate of drug-likeness (QED) is 0.648. The fourth-order valence-electron chi connectivity index (χ4n) is 2.22. The largest absolute Gasteiger partial charge is 0.382 e. The van der Waals surface area contributed by atoms with Crippen LogP contribution in [-0.2, 0) is 11.3 Å². The molecule has 6 heteroatoms. The summed E-state index contributed by atoms with van der Waals surface area (Å²) < 4.78 is 13.1. The van der Waals surface area contributed by atoms with Gasteiger partial charge in [-0.2, -0.15) is 5.10 Å². The summed E-state index contributed by atoms with van der Waals surface area (Å²) in [5.41, 5.74) is 8.14. The van der Waals surface area contributed by atoms with Gasteiger partial charge in [-0.1, -0.05) is 18.2 Å². The molecule has 1 aromatic heterocycles. The van der Waals surface area contributed by atoms with E-state index in [1.165, 1.54) is 18.2 Å². The number of aromatic nitrogens is 2. The summed E-state index contributed by atoms with van der Waals surface area (Å²) in [6, 6.07) is 11.7. The van der Waals surface area contributed by atoms with Crippen molar-refractivity contribution in [1.82, 2.24) is 15.5 Å². The second-order valence-corrected chi connectivity index (χ2v) is 5.09.